The summed E-state index contributed by atoms with van der Waals surface area (Å²) in [4.78, 5) is 26.4. The Kier molecular flexibility index (Phi) is 3.79. The summed E-state index contributed by atoms with van der Waals surface area (Å²) in [6.45, 7) is 0. The number of pyridine rings is 2. The highest BCUT2D eigenvalue weighted by Crippen LogP contribution is 2.27. The molecule has 0 saturated carbocycles. The number of halogens is 3. The molecule has 0 spiro atoms. The molecule has 0 bridgehead atoms. The molecular formula is C13H9F3N2O3. The molecule has 21 heavy (non-hydrogen) atoms. The van der Waals surface area contributed by atoms with Crippen LogP contribution in [0.15, 0.2) is 41.5 Å². The van der Waals surface area contributed by atoms with E-state index in [-0.39, 0.29) is 11.3 Å². The molecule has 0 aromatic carbocycles. The van der Waals surface area contributed by atoms with Gasteiger partial charge in [-0.3, -0.25) is 9.36 Å². The van der Waals surface area contributed by atoms with Crippen LogP contribution in [0.5, 0.6) is 0 Å². The van der Waals surface area contributed by atoms with E-state index < -0.39 is 23.4 Å². The smallest absolute Gasteiger partial charge is 0.433 e. The second-order valence-corrected chi connectivity index (χ2v) is 4.02. The molecule has 0 amide bonds. The second-order valence-electron chi connectivity index (χ2n) is 4.02. The van der Waals surface area contributed by atoms with E-state index in [0.29, 0.717) is 0 Å². The molecule has 0 radical (unpaired) electrons. The minimum Gasteiger partial charge on any atom is -0.465 e. The van der Waals surface area contributed by atoms with Crippen molar-refractivity contribution in [3.63, 3.8) is 0 Å². The first-order valence-corrected chi connectivity index (χ1v) is 5.67. The molecule has 0 aliphatic heterocycles. The van der Waals surface area contributed by atoms with Gasteiger partial charge in [-0.25, -0.2) is 9.78 Å². The lowest BCUT2D eigenvalue weighted by Gasteiger charge is -2.09. The summed E-state index contributed by atoms with van der Waals surface area (Å²) >= 11 is 0. The summed E-state index contributed by atoms with van der Waals surface area (Å²) in [5.41, 5.74) is -1.37. The quantitative estimate of drug-likeness (QED) is 0.796. The average Bonchev–Trinajstić information content (AvgIpc) is 2.46. The number of carbonyl (C=O) groups excluding carboxylic acids is 1. The molecule has 0 aliphatic carbocycles. The third-order valence-electron chi connectivity index (χ3n) is 2.65. The summed E-state index contributed by atoms with van der Waals surface area (Å²) in [6, 6.07) is 4.23. The molecule has 110 valence electrons. The first-order chi connectivity index (χ1) is 9.82. The molecule has 0 N–H and O–H groups in total. The van der Waals surface area contributed by atoms with Crippen molar-refractivity contribution in [1.29, 1.82) is 0 Å². The number of aromatic nitrogens is 2. The Morgan fingerprint density at radius 1 is 1.24 bits per heavy atom. The molecule has 5 nitrogen and oxygen atoms in total. The number of ether oxygens (including phenoxy) is 1. The summed E-state index contributed by atoms with van der Waals surface area (Å²) < 4.78 is 42.8. The minimum atomic E-state index is -4.56. The van der Waals surface area contributed by atoms with Gasteiger partial charge >= 0.3 is 12.1 Å². The Labute approximate surface area is 116 Å². The topological polar surface area (TPSA) is 61.2 Å². The van der Waals surface area contributed by atoms with E-state index in [1.807, 2.05) is 0 Å². The van der Waals surface area contributed by atoms with Crippen molar-refractivity contribution < 1.29 is 22.7 Å². The number of nitrogens with zero attached hydrogens (tertiary/aromatic N) is 2. The number of alkyl halides is 3. The maximum Gasteiger partial charge on any atom is 0.433 e. The van der Waals surface area contributed by atoms with Gasteiger partial charge in [-0.05, 0) is 18.2 Å². The van der Waals surface area contributed by atoms with Crippen molar-refractivity contribution in [3.8, 4) is 5.69 Å². The van der Waals surface area contributed by atoms with Gasteiger partial charge in [-0.2, -0.15) is 13.2 Å². The summed E-state index contributed by atoms with van der Waals surface area (Å²) in [6.07, 6.45) is -2.47. The van der Waals surface area contributed by atoms with Crippen molar-refractivity contribution in [2.45, 2.75) is 6.18 Å². The Hall–Kier alpha value is -2.64. The van der Waals surface area contributed by atoms with Gasteiger partial charge in [0.05, 0.1) is 24.6 Å². The van der Waals surface area contributed by atoms with Gasteiger partial charge in [0, 0.05) is 12.3 Å². The number of hydrogen-bond donors (Lipinski definition) is 0. The largest absolute Gasteiger partial charge is 0.465 e. The molecule has 0 saturated heterocycles. The fourth-order valence-corrected chi connectivity index (χ4v) is 1.62. The Bertz CT molecular complexity index is 721. The van der Waals surface area contributed by atoms with Crippen LogP contribution in [-0.2, 0) is 10.9 Å². The van der Waals surface area contributed by atoms with Crippen molar-refractivity contribution in [3.05, 3.63) is 58.3 Å². The van der Waals surface area contributed by atoms with E-state index in [2.05, 4.69) is 9.72 Å². The Morgan fingerprint density at radius 3 is 2.48 bits per heavy atom. The normalized spacial score (nSPS) is 11.2. The van der Waals surface area contributed by atoms with Crippen molar-refractivity contribution in [2.24, 2.45) is 0 Å². The molecule has 0 unspecified atom stereocenters. The fourth-order valence-electron chi connectivity index (χ4n) is 1.62. The number of esters is 1. The van der Waals surface area contributed by atoms with Gasteiger partial charge in [0.25, 0.3) is 5.56 Å². The van der Waals surface area contributed by atoms with E-state index >= 15 is 0 Å². The molecule has 8 heteroatoms. The lowest BCUT2D eigenvalue weighted by molar-refractivity contribution is -0.141. The van der Waals surface area contributed by atoms with Crippen LogP contribution in [0.4, 0.5) is 13.2 Å². The maximum atomic E-state index is 12.4. The Morgan fingerprint density at radius 2 is 1.95 bits per heavy atom. The molecule has 2 rings (SSSR count). The molecule has 0 aliphatic rings. The summed E-state index contributed by atoms with van der Waals surface area (Å²) in [5.74, 6) is -0.663. The highest BCUT2D eigenvalue weighted by molar-refractivity contribution is 5.88. The molecular weight excluding hydrogens is 289 g/mol. The molecule has 2 aromatic rings. The molecule has 2 heterocycles. The van der Waals surface area contributed by atoms with E-state index in [4.69, 9.17) is 0 Å². The van der Waals surface area contributed by atoms with Crippen molar-refractivity contribution >= 4 is 5.97 Å². The van der Waals surface area contributed by atoms with Crippen LogP contribution in [0, 0.1) is 0 Å². The lowest BCUT2D eigenvalue weighted by atomic mass is 10.2. The summed E-state index contributed by atoms with van der Waals surface area (Å²) in [7, 11) is 1.18. The van der Waals surface area contributed by atoms with Crippen LogP contribution in [0.2, 0.25) is 0 Å². The van der Waals surface area contributed by atoms with Crippen molar-refractivity contribution in [1.82, 2.24) is 9.55 Å². The van der Waals surface area contributed by atoms with E-state index in [9.17, 15) is 22.8 Å². The van der Waals surface area contributed by atoms with Gasteiger partial charge in [-0.15, -0.1) is 0 Å². The third kappa shape index (κ3) is 3.10. The van der Waals surface area contributed by atoms with Crippen LogP contribution in [0.25, 0.3) is 5.69 Å². The standard InChI is InChI=1S/C13H9F3N2O3/c1-21-12(20)8-2-5-11(19)18(7-8)9-3-4-10(17-6-9)13(14,15)16/h2-7H,1H3. The zero-order chi connectivity index (χ0) is 15.6. The number of carbonyl (C=O) groups is 1. The number of hydrogen-bond acceptors (Lipinski definition) is 4. The van der Waals surface area contributed by atoms with E-state index in [0.717, 1.165) is 29.0 Å². The molecule has 0 atom stereocenters. The van der Waals surface area contributed by atoms with Crippen LogP contribution in [-0.4, -0.2) is 22.6 Å². The monoisotopic (exact) mass is 298 g/mol. The number of methoxy groups -OCH3 is 1. The SMILES string of the molecule is COC(=O)c1ccc(=O)n(-c2ccc(C(F)(F)F)nc2)c1. The molecule has 0 fully saturated rings. The van der Waals surface area contributed by atoms with Crippen LogP contribution < -0.4 is 5.56 Å². The predicted molar refractivity (Wildman–Crippen MR) is 66.2 cm³/mol. The minimum absolute atomic E-state index is 0.0944. The van der Waals surface area contributed by atoms with Crippen LogP contribution >= 0.6 is 0 Å². The van der Waals surface area contributed by atoms with Crippen LogP contribution in [0.1, 0.15) is 16.1 Å². The van der Waals surface area contributed by atoms with Crippen molar-refractivity contribution in [2.75, 3.05) is 7.11 Å². The fraction of sp³-hybridized carbons (Fsp3) is 0.154. The van der Waals surface area contributed by atoms with E-state index in [1.54, 1.807) is 0 Å². The second kappa shape index (κ2) is 5.39. The van der Waals surface area contributed by atoms with Crippen LogP contribution in [0.3, 0.4) is 0 Å². The predicted octanol–water partition coefficient (Wildman–Crippen LogP) is 2.04. The lowest BCUT2D eigenvalue weighted by Crippen LogP contribution is -2.19. The van der Waals surface area contributed by atoms with Gasteiger partial charge in [0.1, 0.15) is 5.69 Å². The van der Waals surface area contributed by atoms with Gasteiger partial charge in [-0.1, -0.05) is 0 Å². The summed E-state index contributed by atoms with van der Waals surface area (Å²) in [5, 5.41) is 0. The van der Waals surface area contributed by atoms with Gasteiger partial charge < -0.3 is 4.74 Å². The van der Waals surface area contributed by atoms with Gasteiger partial charge in [0.15, 0.2) is 0 Å². The first-order valence-electron chi connectivity index (χ1n) is 5.67. The zero-order valence-electron chi connectivity index (χ0n) is 10.7. The zero-order valence-corrected chi connectivity index (χ0v) is 10.7. The third-order valence-corrected chi connectivity index (χ3v) is 2.65. The average molecular weight is 298 g/mol. The Balaban J connectivity index is 2.47. The highest BCUT2D eigenvalue weighted by atomic mass is 19.4. The maximum absolute atomic E-state index is 12.4. The number of rotatable bonds is 2. The van der Waals surface area contributed by atoms with Gasteiger partial charge in [0.2, 0.25) is 0 Å². The molecule has 2 aromatic heterocycles. The first kappa shape index (κ1) is 14.8. The van der Waals surface area contributed by atoms with E-state index in [1.165, 1.54) is 19.4 Å². The highest BCUT2D eigenvalue weighted by Gasteiger charge is 2.32.